The Hall–Kier alpha value is -1.51. The predicted octanol–water partition coefficient (Wildman–Crippen LogP) is 1.60. The summed E-state index contributed by atoms with van der Waals surface area (Å²) in [7, 11) is 0. The highest BCUT2D eigenvalue weighted by molar-refractivity contribution is 5.75. The zero-order chi connectivity index (χ0) is 11.2. The summed E-state index contributed by atoms with van der Waals surface area (Å²) in [4.78, 5) is 19.8. The van der Waals surface area contributed by atoms with Gasteiger partial charge in [0.25, 0.3) is 0 Å². The number of alkyl halides is 1. The molecular weight excluding hydrogens is 191 g/mol. The quantitative estimate of drug-likeness (QED) is 0.372. The molecule has 6 heteroatoms. The van der Waals surface area contributed by atoms with Crippen molar-refractivity contribution >= 4 is 5.78 Å². The van der Waals surface area contributed by atoms with Crippen molar-refractivity contribution in [3.8, 4) is 6.07 Å². The van der Waals surface area contributed by atoms with Gasteiger partial charge in [-0.3, -0.25) is 10.1 Å². The average Bonchev–Trinajstić information content (AvgIpc) is 2.11. The summed E-state index contributed by atoms with van der Waals surface area (Å²) in [6, 6.07) is 1.64. The minimum Gasteiger partial charge on any atom is -0.300 e. The molecule has 0 fully saturated rings. The summed E-state index contributed by atoms with van der Waals surface area (Å²) in [6.45, 7) is 1.24. The molecule has 0 amide bonds. The Balaban J connectivity index is 4.33. The standard InChI is InChI=1S/C8H11FN2O3/c1-7(12)3-5-8(9,11(13)14)4-2-6-10/h2-5H2,1H3. The third-order valence-electron chi connectivity index (χ3n) is 1.81. The molecule has 1 atom stereocenters. The first kappa shape index (κ1) is 12.5. The van der Waals surface area contributed by atoms with Gasteiger partial charge in [0.15, 0.2) is 0 Å². The minimum atomic E-state index is -2.64. The van der Waals surface area contributed by atoms with Crippen LogP contribution in [0.3, 0.4) is 0 Å². The van der Waals surface area contributed by atoms with Gasteiger partial charge in [0, 0.05) is 12.8 Å². The van der Waals surface area contributed by atoms with E-state index in [1.54, 1.807) is 6.07 Å². The molecule has 1 unspecified atom stereocenters. The highest BCUT2D eigenvalue weighted by Crippen LogP contribution is 2.25. The zero-order valence-corrected chi connectivity index (χ0v) is 7.83. The first-order valence-electron chi connectivity index (χ1n) is 4.12. The van der Waals surface area contributed by atoms with Crippen LogP contribution in [0.2, 0.25) is 0 Å². The number of carbonyl (C=O) groups is 1. The second-order valence-corrected chi connectivity index (χ2v) is 3.04. The van der Waals surface area contributed by atoms with Crippen LogP contribution in [-0.2, 0) is 4.79 Å². The van der Waals surface area contributed by atoms with Crippen molar-refractivity contribution in [2.45, 2.75) is 38.4 Å². The summed E-state index contributed by atoms with van der Waals surface area (Å²) in [5.74, 6) is -2.94. The van der Waals surface area contributed by atoms with Gasteiger partial charge in [0.1, 0.15) is 5.78 Å². The molecule has 0 aromatic heterocycles. The topological polar surface area (TPSA) is 84.0 Å². The Morgan fingerprint density at radius 1 is 1.64 bits per heavy atom. The second-order valence-electron chi connectivity index (χ2n) is 3.04. The van der Waals surface area contributed by atoms with E-state index < -0.39 is 23.6 Å². The lowest BCUT2D eigenvalue weighted by Crippen LogP contribution is -2.33. The van der Waals surface area contributed by atoms with Gasteiger partial charge < -0.3 is 4.79 Å². The first-order chi connectivity index (χ1) is 6.42. The summed E-state index contributed by atoms with van der Waals surface area (Å²) < 4.78 is 13.5. The molecule has 0 aliphatic heterocycles. The van der Waals surface area contributed by atoms with Crippen LogP contribution in [0.5, 0.6) is 0 Å². The maximum absolute atomic E-state index is 13.5. The van der Waals surface area contributed by atoms with E-state index in [2.05, 4.69) is 0 Å². The lowest BCUT2D eigenvalue weighted by atomic mass is 10.0. The van der Waals surface area contributed by atoms with Crippen LogP contribution in [0.1, 0.15) is 32.6 Å². The number of Topliss-reactive ketones (excluding diaryl/α,β-unsaturated/α-hetero) is 1. The molecule has 0 rings (SSSR count). The molecular formula is C8H11FN2O3. The SMILES string of the molecule is CC(=O)CCC(F)(CCC#N)[N+](=O)[O-]. The molecule has 0 aliphatic rings. The molecule has 0 bridgehead atoms. The number of hydrogen-bond acceptors (Lipinski definition) is 4. The Bertz CT molecular complexity index is 274. The maximum Gasteiger partial charge on any atom is 0.360 e. The second kappa shape index (κ2) is 5.27. The van der Waals surface area contributed by atoms with Crippen molar-refractivity contribution in [2.75, 3.05) is 0 Å². The van der Waals surface area contributed by atoms with E-state index in [0.29, 0.717) is 0 Å². The van der Waals surface area contributed by atoms with Crippen LogP contribution in [0.25, 0.3) is 0 Å². The number of nitro groups is 1. The van der Waals surface area contributed by atoms with E-state index in [9.17, 15) is 19.3 Å². The average molecular weight is 202 g/mol. The molecule has 0 aromatic rings. The molecule has 0 heterocycles. The fraction of sp³-hybridized carbons (Fsp3) is 0.750. The number of rotatable bonds is 6. The molecule has 0 aliphatic carbocycles. The third kappa shape index (κ3) is 3.94. The molecule has 0 saturated heterocycles. The Labute approximate surface area is 80.7 Å². The van der Waals surface area contributed by atoms with Crippen molar-refractivity contribution in [3.05, 3.63) is 10.1 Å². The number of nitriles is 1. The molecule has 0 saturated carbocycles. The number of nitrogens with zero attached hydrogens (tertiary/aromatic N) is 2. The summed E-state index contributed by atoms with van der Waals surface area (Å²) in [5.41, 5.74) is 0. The number of halogens is 1. The molecule has 0 radical (unpaired) electrons. The van der Waals surface area contributed by atoms with E-state index in [1.165, 1.54) is 6.92 Å². The van der Waals surface area contributed by atoms with Crippen LogP contribution in [0.4, 0.5) is 4.39 Å². The molecule has 78 valence electrons. The van der Waals surface area contributed by atoms with Crippen LogP contribution in [0, 0.1) is 21.4 Å². The van der Waals surface area contributed by atoms with Gasteiger partial charge in [0.2, 0.25) is 0 Å². The Morgan fingerprint density at radius 2 is 2.21 bits per heavy atom. The first-order valence-corrected chi connectivity index (χ1v) is 4.12. The fourth-order valence-electron chi connectivity index (χ4n) is 0.923. The number of hydrogen-bond donors (Lipinski definition) is 0. The van der Waals surface area contributed by atoms with Gasteiger partial charge in [-0.15, -0.1) is 0 Å². The van der Waals surface area contributed by atoms with E-state index in [1.807, 2.05) is 0 Å². The summed E-state index contributed by atoms with van der Waals surface area (Å²) >= 11 is 0. The molecule has 0 spiro atoms. The van der Waals surface area contributed by atoms with Crippen molar-refractivity contribution < 1.29 is 14.1 Å². The van der Waals surface area contributed by atoms with E-state index in [4.69, 9.17) is 5.26 Å². The fourth-order valence-corrected chi connectivity index (χ4v) is 0.923. The summed E-state index contributed by atoms with van der Waals surface area (Å²) in [6.07, 6.45) is -1.33. The van der Waals surface area contributed by atoms with Gasteiger partial charge in [-0.05, 0) is 6.92 Å². The van der Waals surface area contributed by atoms with Gasteiger partial charge in [-0.2, -0.15) is 9.65 Å². The molecule has 5 nitrogen and oxygen atoms in total. The van der Waals surface area contributed by atoms with Crippen LogP contribution < -0.4 is 0 Å². The van der Waals surface area contributed by atoms with Crippen LogP contribution in [0.15, 0.2) is 0 Å². The van der Waals surface area contributed by atoms with E-state index in [-0.39, 0.29) is 18.6 Å². The van der Waals surface area contributed by atoms with Crippen molar-refractivity contribution in [3.63, 3.8) is 0 Å². The smallest absolute Gasteiger partial charge is 0.300 e. The van der Waals surface area contributed by atoms with Gasteiger partial charge in [-0.25, -0.2) is 0 Å². The lowest BCUT2D eigenvalue weighted by Gasteiger charge is -2.14. The maximum atomic E-state index is 13.5. The zero-order valence-electron chi connectivity index (χ0n) is 7.83. The van der Waals surface area contributed by atoms with E-state index >= 15 is 0 Å². The van der Waals surface area contributed by atoms with Crippen LogP contribution in [-0.4, -0.2) is 16.5 Å². The normalized spacial score (nSPS) is 14.1. The van der Waals surface area contributed by atoms with Crippen molar-refractivity contribution in [2.24, 2.45) is 0 Å². The van der Waals surface area contributed by atoms with E-state index in [0.717, 1.165) is 0 Å². The molecule has 0 aromatic carbocycles. The van der Waals surface area contributed by atoms with Gasteiger partial charge in [0.05, 0.1) is 23.8 Å². The predicted molar refractivity (Wildman–Crippen MR) is 45.6 cm³/mol. The number of carbonyl (C=O) groups excluding carboxylic acids is 1. The lowest BCUT2D eigenvalue weighted by molar-refractivity contribution is -0.608. The molecule has 14 heavy (non-hydrogen) atoms. The van der Waals surface area contributed by atoms with Crippen molar-refractivity contribution in [1.29, 1.82) is 5.26 Å². The third-order valence-corrected chi connectivity index (χ3v) is 1.81. The summed E-state index contributed by atoms with van der Waals surface area (Å²) in [5, 5.41) is 18.5. The van der Waals surface area contributed by atoms with Gasteiger partial charge in [-0.1, -0.05) is 0 Å². The number of ketones is 1. The Kier molecular flexibility index (Phi) is 4.70. The highest BCUT2D eigenvalue weighted by Gasteiger charge is 2.42. The monoisotopic (exact) mass is 202 g/mol. The highest BCUT2D eigenvalue weighted by atomic mass is 19.1. The van der Waals surface area contributed by atoms with Gasteiger partial charge >= 0.3 is 5.79 Å². The minimum absolute atomic E-state index is 0.178. The molecule has 0 N–H and O–H groups in total. The van der Waals surface area contributed by atoms with Crippen LogP contribution >= 0.6 is 0 Å². The Morgan fingerprint density at radius 3 is 2.57 bits per heavy atom. The largest absolute Gasteiger partial charge is 0.360 e. The van der Waals surface area contributed by atoms with Crippen molar-refractivity contribution in [1.82, 2.24) is 0 Å².